The molecule has 1 fully saturated rings. The highest BCUT2D eigenvalue weighted by Crippen LogP contribution is 2.19. The minimum Gasteiger partial charge on any atom is -0.383 e. The van der Waals surface area contributed by atoms with E-state index in [-0.39, 0.29) is 0 Å². The average Bonchev–Trinajstić information content (AvgIpc) is 2.46. The molecule has 2 N–H and O–H groups in total. The van der Waals surface area contributed by atoms with Crippen LogP contribution in [0.2, 0.25) is 0 Å². The number of piperidine rings is 1. The molecule has 0 saturated carbocycles. The summed E-state index contributed by atoms with van der Waals surface area (Å²) < 4.78 is 5.01. The largest absolute Gasteiger partial charge is 0.383 e. The summed E-state index contributed by atoms with van der Waals surface area (Å²) in [7, 11) is 3.52. The minimum absolute atomic E-state index is 0.705. The van der Waals surface area contributed by atoms with Crippen molar-refractivity contribution in [3.8, 4) is 0 Å². The molecule has 0 unspecified atom stereocenters. The van der Waals surface area contributed by atoms with Crippen LogP contribution in [-0.2, 0) is 4.74 Å². The summed E-state index contributed by atoms with van der Waals surface area (Å²) >= 11 is 0. The van der Waals surface area contributed by atoms with Crippen LogP contribution in [0.25, 0.3) is 0 Å². The number of aliphatic imine (C=N–C) groups is 1. The van der Waals surface area contributed by atoms with Crippen molar-refractivity contribution >= 4 is 5.96 Å². The van der Waals surface area contributed by atoms with Crippen LogP contribution in [0.3, 0.4) is 0 Å². The molecule has 0 aromatic rings. The summed E-state index contributed by atoms with van der Waals surface area (Å²) in [4.78, 5) is 6.74. The molecule has 1 rings (SSSR count). The molecule has 1 heterocycles. The maximum absolute atomic E-state index is 5.01. The third-order valence-electron chi connectivity index (χ3n) is 3.82. The fourth-order valence-electron chi connectivity index (χ4n) is 2.48. The van der Waals surface area contributed by atoms with Gasteiger partial charge in [-0.15, -0.1) is 0 Å². The van der Waals surface area contributed by atoms with Gasteiger partial charge in [0.1, 0.15) is 0 Å². The fourth-order valence-corrected chi connectivity index (χ4v) is 2.48. The lowest BCUT2D eigenvalue weighted by molar-refractivity contribution is 0.187. The number of guanidine groups is 1. The topological polar surface area (TPSA) is 48.9 Å². The Morgan fingerprint density at radius 3 is 2.53 bits per heavy atom. The third-order valence-corrected chi connectivity index (χ3v) is 3.82. The van der Waals surface area contributed by atoms with Gasteiger partial charge < -0.3 is 20.3 Å². The lowest BCUT2D eigenvalue weighted by Gasteiger charge is -2.31. The summed E-state index contributed by atoms with van der Waals surface area (Å²) in [5, 5.41) is 6.60. The Balaban J connectivity index is 2.09. The van der Waals surface area contributed by atoms with Gasteiger partial charge in [-0.2, -0.15) is 0 Å². The van der Waals surface area contributed by atoms with E-state index >= 15 is 0 Å². The van der Waals surface area contributed by atoms with Crippen LogP contribution in [-0.4, -0.2) is 64.3 Å². The van der Waals surface area contributed by atoms with Crippen molar-refractivity contribution in [3.63, 3.8) is 0 Å². The second kappa shape index (κ2) is 10.0. The Morgan fingerprint density at radius 1 is 1.26 bits per heavy atom. The number of methoxy groups -OCH3 is 1. The molecule has 0 atom stereocenters. The predicted molar refractivity (Wildman–Crippen MR) is 80.7 cm³/mol. The van der Waals surface area contributed by atoms with Crippen LogP contribution in [0.15, 0.2) is 4.99 Å². The van der Waals surface area contributed by atoms with E-state index in [1.165, 1.54) is 38.9 Å². The Bertz CT molecular complexity index is 250. The van der Waals surface area contributed by atoms with Crippen molar-refractivity contribution in [1.82, 2.24) is 15.5 Å². The molecule has 1 aliphatic heterocycles. The second-order valence-electron chi connectivity index (χ2n) is 5.08. The molecule has 1 saturated heterocycles. The number of hydrogen-bond donors (Lipinski definition) is 2. The average molecular weight is 270 g/mol. The molecule has 1 aliphatic rings. The maximum atomic E-state index is 5.01. The normalized spacial score (nSPS) is 18.6. The number of hydrogen-bond acceptors (Lipinski definition) is 3. The zero-order chi connectivity index (χ0) is 13.9. The molecule has 0 spiro atoms. The summed E-state index contributed by atoms with van der Waals surface area (Å²) in [6.45, 7) is 8.48. The van der Waals surface area contributed by atoms with E-state index in [1.807, 2.05) is 7.05 Å². The summed E-state index contributed by atoms with van der Waals surface area (Å²) in [6, 6.07) is 0. The first-order chi connectivity index (χ1) is 9.30. The summed E-state index contributed by atoms with van der Waals surface area (Å²) in [6.07, 6.45) is 3.92. The van der Waals surface area contributed by atoms with Crippen molar-refractivity contribution in [1.29, 1.82) is 0 Å². The number of rotatable bonds is 7. The van der Waals surface area contributed by atoms with Crippen LogP contribution >= 0.6 is 0 Å². The molecule has 19 heavy (non-hydrogen) atoms. The molecule has 0 aromatic carbocycles. The van der Waals surface area contributed by atoms with Crippen LogP contribution in [0.4, 0.5) is 0 Å². The van der Waals surface area contributed by atoms with Crippen LogP contribution in [0.5, 0.6) is 0 Å². The summed E-state index contributed by atoms with van der Waals surface area (Å²) in [5.41, 5.74) is 0. The molecular weight excluding hydrogens is 240 g/mol. The van der Waals surface area contributed by atoms with Crippen molar-refractivity contribution in [2.45, 2.75) is 26.2 Å². The second-order valence-corrected chi connectivity index (χ2v) is 5.08. The van der Waals surface area contributed by atoms with Gasteiger partial charge in [-0.05, 0) is 44.8 Å². The predicted octanol–water partition coefficient (Wildman–Crippen LogP) is 0.920. The highest BCUT2D eigenvalue weighted by molar-refractivity contribution is 5.79. The number of nitrogens with one attached hydrogen (secondary N) is 2. The molecule has 0 amide bonds. The first-order valence-corrected chi connectivity index (χ1v) is 7.46. The molecule has 0 aromatic heterocycles. The Kier molecular flexibility index (Phi) is 8.58. The Hall–Kier alpha value is -0.810. The van der Waals surface area contributed by atoms with Crippen molar-refractivity contribution in [3.05, 3.63) is 0 Å². The maximum Gasteiger partial charge on any atom is 0.191 e. The van der Waals surface area contributed by atoms with Crippen molar-refractivity contribution in [2.75, 3.05) is 53.5 Å². The summed E-state index contributed by atoms with van der Waals surface area (Å²) in [5.74, 6) is 1.75. The highest BCUT2D eigenvalue weighted by Gasteiger charge is 2.17. The molecular formula is C14H30N4O. The smallest absolute Gasteiger partial charge is 0.191 e. The standard InChI is InChI=1S/C14H30N4O/c1-4-18-10-6-13(7-11-18)5-8-16-14(15-2)17-9-12-19-3/h13H,4-12H2,1-3H3,(H2,15,16,17). The molecule has 0 aliphatic carbocycles. The Labute approximate surface area is 117 Å². The number of nitrogens with zero attached hydrogens (tertiary/aromatic N) is 2. The van der Waals surface area contributed by atoms with Crippen molar-refractivity contribution < 1.29 is 4.74 Å². The van der Waals surface area contributed by atoms with Gasteiger partial charge in [0.15, 0.2) is 5.96 Å². The quantitative estimate of drug-likeness (QED) is 0.410. The van der Waals surface area contributed by atoms with E-state index in [4.69, 9.17) is 4.74 Å². The molecule has 0 bridgehead atoms. The minimum atomic E-state index is 0.705. The van der Waals surface area contributed by atoms with Crippen LogP contribution in [0, 0.1) is 5.92 Å². The SMILES string of the molecule is CCN1CCC(CCNC(=NC)NCCOC)CC1. The van der Waals surface area contributed by atoms with Gasteiger partial charge in [-0.3, -0.25) is 4.99 Å². The van der Waals surface area contributed by atoms with Gasteiger partial charge in [0.2, 0.25) is 0 Å². The first kappa shape index (κ1) is 16.2. The van der Waals surface area contributed by atoms with E-state index in [9.17, 15) is 0 Å². The zero-order valence-corrected chi connectivity index (χ0v) is 12.7. The third kappa shape index (κ3) is 6.78. The fraction of sp³-hybridized carbons (Fsp3) is 0.929. The van der Waals surface area contributed by atoms with E-state index < -0.39 is 0 Å². The van der Waals surface area contributed by atoms with E-state index in [0.29, 0.717) is 6.61 Å². The van der Waals surface area contributed by atoms with Gasteiger partial charge in [-0.25, -0.2) is 0 Å². The van der Waals surface area contributed by atoms with Gasteiger partial charge >= 0.3 is 0 Å². The van der Waals surface area contributed by atoms with Gasteiger partial charge in [0.05, 0.1) is 6.61 Å². The van der Waals surface area contributed by atoms with Gasteiger partial charge in [0.25, 0.3) is 0 Å². The van der Waals surface area contributed by atoms with Crippen LogP contribution < -0.4 is 10.6 Å². The van der Waals surface area contributed by atoms with Crippen molar-refractivity contribution in [2.24, 2.45) is 10.9 Å². The zero-order valence-electron chi connectivity index (χ0n) is 12.7. The molecule has 112 valence electrons. The molecule has 5 nitrogen and oxygen atoms in total. The monoisotopic (exact) mass is 270 g/mol. The lowest BCUT2D eigenvalue weighted by atomic mass is 9.93. The van der Waals surface area contributed by atoms with Gasteiger partial charge in [0, 0.05) is 27.2 Å². The molecule has 0 radical (unpaired) electrons. The number of likely N-dealkylation sites (tertiary alicyclic amines) is 1. The highest BCUT2D eigenvalue weighted by atomic mass is 16.5. The van der Waals surface area contributed by atoms with Gasteiger partial charge in [-0.1, -0.05) is 6.92 Å². The first-order valence-electron chi connectivity index (χ1n) is 7.46. The molecule has 5 heteroatoms. The number of ether oxygens (including phenoxy) is 1. The Morgan fingerprint density at radius 2 is 1.95 bits per heavy atom. The lowest BCUT2D eigenvalue weighted by Crippen LogP contribution is -2.40. The van der Waals surface area contributed by atoms with E-state index in [2.05, 4.69) is 27.4 Å². The van der Waals surface area contributed by atoms with E-state index in [1.54, 1.807) is 7.11 Å². The van der Waals surface area contributed by atoms with E-state index in [0.717, 1.165) is 25.0 Å². The van der Waals surface area contributed by atoms with Crippen LogP contribution in [0.1, 0.15) is 26.2 Å².